The molecule has 3 unspecified atom stereocenters. The molecule has 3 fully saturated rings. The molecule has 0 amide bonds. The fourth-order valence-electron chi connectivity index (χ4n) is 4.26. The number of nitrogens with two attached hydrogens (primary N) is 1. The lowest BCUT2D eigenvalue weighted by Gasteiger charge is -2.67. The van der Waals surface area contributed by atoms with E-state index in [0.717, 1.165) is 25.7 Å². The van der Waals surface area contributed by atoms with Gasteiger partial charge in [0, 0.05) is 36.1 Å². The molecular weight excluding hydrogens is 224 g/mol. The Hall–Kier alpha value is -0.120. The Bertz CT molecular complexity index is 326. The van der Waals surface area contributed by atoms with Crippen LogP contribution in [0.1, 0.15) is 46.5 Å². The number of hydrogen-bond acceptors (Lipinski definition) is 3. The minimum atomic E-state index is -0.0450. The topological polar surface area (TPSA) is 38.5 Å². The average Bonchev–Trinajstić information content (AvgIpc) is 3.20. The molecule has 2 N–H and O–H groups in total. The van der Waals surface area contributed by atoms with Gasteiger partial charge in [0.15, 0.2) is 0 Å². The summed E-state index contributed by atoms with van der Waals surface area (Å²) < 4.78 is 5.98. The van der Waals surface area contributed by atoms with Gasteiger partial charge in [-0.3, -0.25) is 4.90 Å². The summed E-state index contributed by atoms with van der Waals surface area (Å²) in [6.45, 7) is 10.0. The van der Waals surface area contributed by atoms with E-state index in [1.807, 2.05) is 0 Å². The first-order chi connectivity index (χ1) is 8.50. The molecule has 1 heterocycles. The zero-order chi connectivity index (χ0) is 13.0. The first kappa shape index (κ1) is 12.9. The highest BCUT2D eigenvalue weighted by molar-refractivity contribution is 5.21. The zero-order valence-electron chi connectivity index (χ0n) is 12.1. The van der Waals surface area contributed by atoms with E-state index in [9.17, 15) is 0 Å². The average molecular weight is 252 g/mol. The van der Waals surface area contributed by atoms with Gasteiger partial charge in [-0.05, 0) is 32.2 Å². The fourth-order valence-corrected chi connectivity index (χ4v) is 4.26. The van der Waals surface area contributed by atoms with Gasteiger partial charge in [0.25, 0.3) is 0 Å². The fraction of sp³-hybridized carbons (Fsp3) is 1.00. The predicted octanol–water partition coefficient (Wildman–Crippen LogP) is 2.00. The van der Waals surface area contributed by atoms with Gasteiger partial charge in [0.05, 0.1) is 6.10 Å². The Morgan fingerprint density at radius 2 is 2.00 bits per heavy atom. The van der Waals surface area contributed by atoms with Gasteiger partial charge in [-0.25, -0.2) is 0 Å². The van der Waals surface area contributed by atoms with Crippen molar-refractivity contribution in [1.82, 2.24) is 4.90 Å². The summed E-state index contributed by atoms with van der Waals surface area (Å²) in [4.78, 5) is 2.60. The largest absolute Gasteiger partial charge is 0.377 e. The Balaban J connectivity index is 1.75. The Kier molecular flexibility index (Phi) is 3.00. The van der Waals surface area contributed by atoms with Gasteiger partial charge in [-0.15, -0.1) is 0 Å². The maximum Gasteiger partial charge on any atom is 0.0690 e. The Morgan fingerprint density at radius 1 is 1.28 bits per heavy atom. The van der Waals surface area contributed by atoms with Crippen molar-refractivity contribution in [3.05, 3.63) is 0 Å². The summed E-state index contributed by atoms with van der Waals surface area (Å²) in [7, 11) is 0. The first-order valence-corrected chi connectivity index (χ1v) is 7.65. The van der Waals surface area contributed by atoms with Crippen molar-refractivity contribution in [2.24, 2.45) is 17.1 Å². The van der Waals surface area contributed by atoms with E-state index in [1.165, 1.54) is 25.7 Å². The van der Waals surface area contributed by atoms with Crippen LogP contribution in [0.4, 0.5) is 0 Å². The van der Waals surface area contributed by atoms with Crippen LogP contribution >= 0.6 is 0 Å². The molecule has 104 valence electrons. The SMILES string of the molecule is CCN(CC1(N)C2CCCOC2C1(C)C)C1CC1. The molecule has 3 atom stereocenters. The van der Waals surface area contributed by atoms with E-state index in [0.29, 0.717) is 12.0 Å². The van der Waals surface area contributed by atoms with E-state index in [2.05, 4.69) is 25.7 Å². The number of rotatable bonds is 4. The molecule has 1 saturated heterocycles. The third-order valence-corrected chi connectivity index (χ3v) is 5.83. The molecule has 0 spiro atoms. The third-order valence-electron chi connectivity index (χ3n) is 5.83. The van der Waals surface area contributed by atoms with Crippen LogP contribution in [0.2, 0.25) is 0 Å². The van der Waals surface area contributed by atoms with Gasteiger partial charge in [0.2, 0.25) is 0 Å². The van der Waals surface area contributed by atoms with Gasteiger partial charge in [-0.2, -0.15) is 0 Å². The van der Waals surface area contributed by atoms with E-state index < -0.39 is 0 Å². The molecule has 0 radical (unpaired) electrons. The zero-order valence-corrected chi connectivity index (χ0v) is 12.1. The molecule has 0 aromatic carbocycles. The maximum absolute atomic E-state index is 6.86. The van der Waals surface area contributed by atoms with Crippen molar-refractivity contribution in [2.45, 2.75) is 64.1 Å². The second kappa shape index (κ2) is 4.19. The minimum Gasteiger partial charge on any atom is -0.377 e. The summed E-state index contributed by atoms with van der Waals surface area (Å²) in [5.41, 5.74) is 6.94. The molecule has 0 aromatic heterocycles. The summed E-state index contributed by atoms with van der Waals surface area (Å²) in [5.74, 6) is 0.578. The smallest absolute Gasteiger partial charge is 0.0690 e. The lowest BCUT2D eigenvalue weighted by molar-refractivity contribution is -0.232. The van der Waals surface area contributed by atoms with E-state index >= 15 is 0 Å². The van der Waals surface area contributed by atoms with E-state index in [-0.39, 0.29) is 11.0 Å². The van der Waals surface area contributed by atoms with Crippen LogP contribution in [0.5, 0.6) is 0 Å². The number of ether oxygens (including phenoxy) is 1. The molecule has 0 bridgehead atoms. The summed E-state index contributed by atoms with van der Waals surface area (Å²) >= 11 is 0. The second-order valence-electron chi connectivity index (χ2n) is 7.10. The van der Waals surface area contributed by atoms with Crippen LogP contribution < -0.4 is 5.73 Å². The monoisotopic (exact) mass is 252 g/mol. The molecular formula is C15H28N2O. The normalized spacial score (nSPS) is 42.5. The number of hydrogen-bond donors (Lipinski definition) is 1. The van der Waals surface area contributed by atoms with Gasteiger partial charge >= 0.3 is 0 Å². The highest BCUT2D eigenvalue weighted by Gasteiger charge is 2.66. The lowest BCUT2D eigenvalue weighted by Crippen LogP contribution is -2.80. The molecule has 3 nitrogen and oxygen atoms in total. The number of nitrogens with zero attached hydrogens (tertiary/aromatic N) is 1. The number of likely N-dealkylation sites (N-methyl/N-ethyl adjacent to an activating group) is 1. The van der Waals surface area contributed by atoms with Crippen molar-refractivity contribution in [3.8, 4) is 0 Å². The highest BCUT2D eigenvalue weighted by Crippen LogP contribution is 2.57. The minimum absolute atomic E-state index is 0.0450. The van der Waals surface area contributed by atoms with Crippen molar-refractivity contribution in [1.29, 1.82) is 0 Å². The van der Waals surface area contributed by atoms with Gasteiger partial charge in [0.1, 0.15) is 0 Å². The molecule has 0 aromatic rings. The van der Waals surface area contributed by atoms with E-state index in [4.69, 9.17) is 10.5 Å². The highest BCUT2D eigenvalue weighted by atomic mass is 16.5. The first-order valence-electron chi connectivity index (χ1n) is 7.65. The van der Waals surface area contributed by atoms with Gasteiger partial charge in [-0.1, -0.05) is 20.8 Å². The standard InChI is InChI=1S/C15H28N2O/c1-4-17(11-7-8-11)10-15(16)12-6-5-9-18-13(12)14(15,2)3/h11-13H,4-10,16H2,1-3H3. The number of fused-ring (bicyclic) bond motifs is 1. The Labute approximate surface area is 111 Å². The predicted molar refractivity (Wildman–Crippen MR) is 73.4 cm³/mol. The molecule has 3 rings (SSSR count). The van der Waals surface area contributed by atoms with E-state index in [1.54, 1.807) is 0 Å². The van der Waals surface area contributed by atoms with Crippen molar-refractivity contribution in [2.75, 3.05) is 19.7 Å². The summed E-state index contributed by atoms with van der Waals surface area (Å²) in [5, 5.41) is 0. The van der Waals surface area contributed by atoms with Crippen LogP contribution in [0.3, 0.4) is 0 Å². The van der Waals surface area contributed by atoms with Crippen molar-refractivity contribution in [3.63, 3.8) is 0 Å². The van der Waals surface area contributed by atoms with Crippen LogP contribution in [-0.4, -0.2) is 42.3 Å². The molecule has 3 aliphatic rings. The second-order valence-corrected chi connectivity index (χ2v) is 7.10. The van der Waals surface area contributed by atoms with Crippen molar-refractivity contribution >= 4 is 0 Å². The van der Waals surface area contributed by atoms with Crippen molar-refractivity contribution < 1.29 is 4.74 Å². The quantitative estimate of drug-likeness (QED) is 0.832. The Morgan fingerprint density at radius 3 is 2.61 bits per heavy atom. The van der Waals surface area contributed by atoms with Crippen LogP contribution in [-0.2, 0) is 4.74 Å². The van der Waals surface area contributed by atoms with Gasteiger partial charge < -0.3 is 10.5 Å². The van der Waals surface area contributed by atoms with Crippen LogP contribution in [0.25, 0.3) is 0 Å². The molecule has 2 aliphatic carbocycles. The molecule has 2 saturated carbocycles. The molecule has 18 heavy (non-hydrogen) atoms. The molecule has 3 heteroatoms. The van der Waals surface area contributed by atoms with Crippen LogP contribution in [0, 0.1) is 11.3 Å². The third kappa shape index (κ3) is 1.67. The molecule has 1 aliphatic heterocycles. The van der Waals surface area contributed by atoms with Crippen LogP contribution in [0.15, 0.2) is 0 Å². The lowest BCUT2D eigenvalue weighted by atomic mass is 9.46. The summed E-state index contributed by atoms with van der Waals surface area (Å²) in [6.07, 6.45) is 5.58. The summed E-state index contributed by atoms with van der Waals surface area (Å²) in [6, 6.07) is 0.815. The maximum atomic E-state index is 6.86.